The molecule has 0 aliphatic carbocycles. The van der Waals surface area contributed by atoms with Crippen LogP contribution in [-0.4, -0.2) is 4.98 Å². The molecule has 1 heterocycles. The molecule has 0 saturated carbocycles. The molecule has 84 valence electrons. The summed E-state index contributed by atoms with van der Waals surface area (Å²) in [5.74, 6) is 1.73. The molecule has 2 N–H and O–H groups in total. The van der Waals surface area contributed by atoms with E-state index in [1.165, 1.54) is 16.7 Å². The smallest absolute Gasteiger partial charge is 0.126 e. The zero-order chi connectivity index (χ0) is 11.6. The molecular weight excluding hydrogens is 184 g/mol. The van der Waals surface area contributed by atoms with Gasteiger partial charge in [0.2, 0.25) is 0 Å². The van der Waals surface area contributed by atoms with Crippen molar-refractivity contribution in [3.8, 4) is 0 Å². The Morgan fingerprint density at radius 1 is 1.20 bits per heavy atom. The number of nitrogens with zero attached hydrogens (tertiary/aromatic N) is 1. The molecule has 0 aliphatic heterocycles. The van der Waals surface area contributed by atoms with Crippen molar-refractivity contribution < 1.29 is 0 Å². The first-order chi connectivity index (χ1) is 6.99. The third kappa shape index (κ3) is 2.31. The molecule has 0 radical (unpaired) electrons. The summed E-state index contributed by atoms with van der Waals surface area (Å²) in [6, 6.07) is 0. The third-order valence-corrected chi connectivity index (χ3v) is 2.84. The van der Waals surface area contributed by atoms with Gasteiger partial charge in [-0.15, -0.1) is 0 Å². The van der Waals surface area contributed by atoms with Crippen LogP contribution < -0.4 is 5.73 Å². The molecule has 0 bridgehead atoms. The fraction of sp³-hybridized carbons (Fsp3) is 0.615. The van der Waals surface area contributed by atoms with Gasteiger partial charge in [-0.25, -0.2) is 4.98 Å². The Morgan fingerprint density at radius 3 is 2.20 bits per heavy atom. The minimum Gasteiger partial charge on any atom is -0.383 e. The van der Waals surface area contributed by atoms with E-state index in [-0.39, 0.29) is 0 Å². The van der Waals surface area contributed by atoms with Crippen molar-refractivity contribution in [2.75, 3.05) is 5.73 Å². The van der Waals surface area contributed by atoms with Crippen LogP contribution in [0.1, 0.15) is 63.1 Å². The normalized spacial score (nSPS) is 11.4. The highest BCUT2D eigenvalue weighted by Gasteiger charge is 2.16. The molecule has 1 aromatic heterocycles. The molecule has 0 atom stereocenters. The van der Waals surface area contributed by atoms with Crippen molar-refractivity contribution in [1.29, 1.82) is 0 Å². The van der Waals surface area contributed by atoms with E-state index in [1.54, 1.807) is 0 Å². The highest BCUT2D eigenvalue weighted by atomic mass is 14.8. The summed E-state index contributed by atoms with van der Waals surface area (Å²) in [5.41, 5.74) is 9.91. The quantitative estimate of drug-likeness (QED) is 0.822. The van der Waals surface area contributed by atoms with Gasteiger partial charge in [0, 0.05) is 6.20 Å². The minimum atomic E-state index is 0.515. The van der Waals surface area contributed by atoms with E-state index in [0.717, 1.165) is 6.42 Å². The second-order valence-corrected chi connectivity index (χ2v) is 4.65. The van der Waals surface area contributed by atoms with Crippen molar-refractivity contribution in [3.63, 3.8) is 0 Å². The van der Waals surface area contributed by atoms with Gasteiger partial charge in [-0.3, -0.25) is 0 Å². The van der Waals surface area contributed by atoms with E-state index in [2.05, 4.69) is 39.6 Å². The second kappa shape index (κ2) is 4.65. The average molecular weight is 206 g/mol. The Kier molecular flexibility index (Phi) is 3.72. The highest BCUT2D eigenvalue weighted by Crippen LogP contribution is 2.31. The molecule has 2 heteroatoms. The van der Waals surface area contributed by atoms with Crippen LogP contribution in [-0.2, 0) is 6.42 Å². The van der Waals surface area contributed by atoms with Gasteiger partial charge in [-0.1, -0.05) is 34.6 Å². The predicted octanol–water partition coefficient (Wildman–Crippen LogP) is 3.47. The SMILES string of the molecule is CCc1c(N)ncc(C(C)C)c1C(C)C. The molecule has 2 nitrogen and oxygen atoms in total. The van der Waals surface area contributed by atoms with E-state index in [1.807, 2.05) is 6.20 Å². The Hall–Kier alpha value is -1.05. The predicted molar refractivity (Wildman–Crippen MR) is 66.2 cm³/mol. The summed E-state index contributed by atoms with van der Waals surface area (Å²) < 4.78 is 0. The minimum absolute atomic E-state index is 0.515. The fourth-order valence-corrected chi connectivity index (χ4v) is 2.11. The van der Waals surface area contributed by atoms with Crippen molar-refractivity contribution in [2.24, 2.45) is 0 Å². The van der Waals surface area contributed by atoms with Crippen LogP contribution in [0.5, 0.6) is 0 Å². The molecule has 0 fully saturated rings. The monoisotopic (exact) mass is 206 g/mol. The number of anilines is 1. The Labute approximate surface area is 92.9 Å². The maximum absolute atomic E-state index is 5.93. The molecule has 0 saturated heterocycles. The fourth-order valence-electron chi connectivity index (χ4n) is 2.11. The molecular formula is C13H22N2. The molecule has 0 aromatic carbocycles. The van der Waals surface area contributed by atoms with Crippen molar-refractivity contribution in [1.82, 2.24) is 4.98 Å². The van der Waals surface area contributed by atoms with Gasteiger partial charge in [0.25, 0.3) is 0 Å². The topological polar surface area (TPSA) is 38.9 Å². The van der Waals surface area contributed by atoms with Crippen LogP contribution in [0.4, 0.5) is 5.82 Å². The lowest BCUT2D eigenvalue weighted by molar-refractivity contribution is 0.769. The standard InChI is InChI=1S/C13H22N2/c1-6-10-12(9(4)5)11(8(2)3)7-15-13(10)14/h7-9H,6H2,1-5H3,(H2,14,15). The van der Waals surface area contributed by atoms with Crippen LogP contribution >= 0.6 is 0 Å². The van der Waals surface area contributed by atoms with Crippen LogP contribution in [0.2, 0.25) is 0 Å². The zero-order valence-electron chi connectivity index (χ0n) is 10.5. The van der Waals surface area contributed by atoms with E-state index < -0.39 is 0 Å². The van der Waals surface area contributed by atoms with Crippen LogP contribution in [0.3, 0.4) is 0 Å². The van der Waals surface area contributed by atoms with E-state index in [0.29, 0.717) is 17.7 Å². The van der Waals surface area contributed by atoms with Crippen molar-refractivity contribution in [2.45, 2.75) is 52.9 Å². The summed E-state index contributed by atoms with van der Waals surface area (Å²) >= 11 is 0. The van der Waals surface area contributed by atoms with Gasteiger partial charge < -0.3 is 5.73 Å². The van der Waals surface area contributed by atoms with Crippen LogP contribution in [0.25, 0.3) is 0 Å². The number of aromatic nitrogens is 1. The van der Waals surface area contributed by atoms with Gasteiger partial charge in [0.15, 0.2) is 0 Å². The number of rotatable bonds is 3. The van der Waals surface area contributed by atoms with Crippen LogP contribution in [0.15, 0.2) is 6.20 Å². The molecule has 0 spiro atoms. The lowest BCUT2D eigenvalue weighted by atomic mass is 9.87. The summed E-state index contributed by atoms with van der Waals surface area (Å²) in [7, 11) is 0. The molecule has 0 unspecified atom stereocenters. The molecule has 15 heavy (non-hydrogen) atoms. The van der Waals surface area contributed by atoms with E-state index >= 15 is 0 Å². The van der Waals surface area contributed by atoms with Gasteiger partial charge in [-0.2, -0.15) is 0 Å². The molecule has 0 aliphatic rings. The Balaban J connectivity index is 3.42. The van der Waals surface area contributed by atoms with E-state index in [4.69, 9.17) is 5.73 Å². The van der Waals surface area contributed by atoms with Gasteiger partial charge in [0.1, 0.15) is 5.82 Å². The Morgan fingerprint density at radius 2 is 1.80 bits per heavy atom. The summed E-state index contributed by atoms with van der Waals surface area (Å²) in [6.07, 6.45) is 2.90. The number of nitrogen functional groups attached to an aromatic ring is 1. The maximum atomic E-state index is 5.93. The zero-order valence-corrected chi connectivity index (χ0v) is 10.5. The summed E-state index contributed by atoms with van der Waals surface area (Å²) in [5, 5.41) is 0. The van der Waals surface area contributed by atoms with Crippen LogP contribution in [0, 0.1) is 0 Å². The lowest BCUT2D eigenvalue weighted by Crippen LogP contribution is -2.08. The lowest BCUT2D eigenvalue weighted by Gasteiger charge is -2.20. The first-order valence-corrected chi connectivity index (χ1v) is 5.76. The third-order valence-electron chi connectivity index (χ3n) is 2.84. The van der Waals surface area contributed by atoms with E-state index in [9.17, 15) is 0 Å². The molecule has 1 aromatic rings. The van der Waals surface area contributed by atoms with Gasteiger partial charge in [0.05, 0.1) is 0 Å². The first-order valence-electron chi connectivity index (χ1n) is 5.76. The highest BCUT2D eigenvalue weighted by molar-refractivity contribution is 5.50. The number of pyridine rings is 1. The largest absolute Gasteiger partial charge is 0.383 e. The second-order valence-electron chi connectivity index (χ2n) is 4.65. The first kappa shape index (κ1) is 12.0. The molecule has 1 rings (SSSR count). The van der Waals surface area contributed by atoms with Gasteiger partial charge >= 0.3 is 0 Å². The Bertz CT molecular complexity index is 341. The summed E-state index contributed by atoms with van der Waals surface area (Å²) in [4.78, 5) is 4.29. The van der Waals surface area contributed by atoms with Gasteiger partial charge in [-0.05, 0) is 34.9 Å². The number of nitrogens with two attached hydrogens (primary N) is 1. The number of hydrogen-bond acceptors (Lipinski definition) is 2. The van der Waals surface area contributed by atoms with Crippen molar-refractivity contribution >= 4 is 5.82 Å². The molecule has 0 amide bonds. The van der Waals surface area contributed by atoms with Crippen molar-refractivity contribution in [3.05, 3.63) is 22.9 Å². The summed E-state index contributed by atoms with van der Waals surface area (Å²) in [6.45, 7) is 11.0. The number of hydrogen-bond donors (Lipinski definition) is 1. The maximum Gasteiger partial charge on any atom is 0.126 e. The average Bonchev–Trinajstić information content (AvgIpc) is 2.16.